The number of aryl methyl sites for hydroxylation is 2. The Hall–Kier alpha value is -2.41. The molecular weight excluding hydrogens is 475 g/mol. The molecule has 1 amide bonds. The third-order valence-corrected chi connectivity index (χ3v) is 7.06. The molecule has 174 valence electrons. The number of carbonyl (C=O) groups excluding carboxylic acids is 1. The van der Waals surface area contributed by atoms with Gasteiger partial charge in [0, 0.05) is 31.0 Å². The topological polar surface area (TPSA) is 51.0 Å². The fourth-order valence-electron chi connectivity index (χ4n) is 3.59. The average Bonchev–Trinajstić information content (AvgIpc) is 3.44. The minimum Gasteiger partial charge on any atom is -0.337 e. The molecule has 0 N–H and O–H groups in total. The van der Waals surface area contributed by atoms with Gasteiger partial charge in [-0.2, -0.15) is 0 Å². The fourth-order valence-corrected chi connectivity index (χ4v) is 4.93. The molecule has 0 saturated heterocycles. The summed E-state index contributed by atoms with van der Waals surface area (Å²) in [6.45, 7) is 9.84. The van der Waals surface area contributed by atoms with E-state index in [1.165, 1.54) is 16.9 Å². The summed E-state index contributed by atoms with van der Waals surface area (Å²) in [5.74, 6) is -0.0519. The summed E-state index contributed by atoms with van der Waals surface area (Å²) >= 11 is 7.90. The molecule has 0 radical (unpaired) electrons. The van der Waals surface area contributed by atoms with E-state index >= 15 is 0 Å². The zero-order valence-electron chi connectivity index (χ0n) is 19.2. The lowest BCUT2D eigenvalue weighted by atomic mass is 9.86. The predicted octanol–water partition coefficient (Wildman–Crippen LogP) is 6.91. The van der Waals surface area contributed by atoms with E-state index in [4.69, 9.17) is 16.6 Å². The number of aromatic nitrogens is 3. The number of amides is 1. The van der Waals surface area contributed by atoms with Gasteiger partial charge in [0.25, 0.3) is 5.91 Å². The molecule has 2 aromatic carbocycles. The summed E-state index contributed by atoms with van der Waals surface area (Å²) in [5.41, 5.74) is 3.79. The second-order valence-corrected chi connectivity index (χ2v) is 10.4. The molecule has 0 aliphatic carbocycles. The van der Waals surface area contributed by atoms with Crippen molar-refractivity contribution in [2.75, 3.05) is 11.4 Å². The molecular formula is C25H28Cl2N4OS. The minimum absolute atomic E-state index is 0. The molecule has 33 heavy (non-hydrogen) atoms. The first-order valence-electron chi connectivity index (χ1n) is 10.7. The van der Waals surface area contributed by atoms with Crippen molar-refractivity contribution in [1.82, 2.24) is 14.5 Å². The summed E-state index contributed by atoms with van der Waals surface area (Å²) in [4.78, 5) is 24.3. The molecule has 0 unspecified atom stereocenters. The molecule has 5 nitrogen and oxygen atoms in total. The van der Waals surface area contributed by atoms with Gasteiger partial charge in [0.05, 0.1) is 21.6 Å². The Kier molecular flexibility index (Phi) is 7.83. The highest BCUT2D eigenvalue weighted by Crippen LogP contribution is 2.36. The maximum atomic E-state index is 13.6. The zero-order valence-corrected chi connectivity index (χ0v) is 21.6. The molecule has 0 saturated carbocycles. The van der Waals surface area contributed by atoms with Crippen molar-refractivity contribution in [2.24, 2.45) is 0 Å². The number of nitrogens with zero attached hydrogens (tertiary/aromatic N) is 4. The van der Waals surface area contributed by atoms with E-state index in [2.05, 4.69) is 25.8 Å². The number of imidazole rings is 1. The number of carbonyl (C=O) groups is 1. The maximum absolute atomic E-state index is 13.6. The Morgan fingerprint density at radius 1 is 1.15 bits per heavy atom. The second-order valence-electron chi connectivity index (χ2n) is 8.98. The van der Waals surface area contributed by atoms with E-state index in [0.717, 1.165) is 28.7 Å². The summed E-state index contributed by atoms with van der Waals surface area (Å²) < 4.78 is 2.93. The van der Waals surface area contributed by atoms with Crippen LogP contribution in [-0.4, -0.2) is 27.0 Å². The van der Waals surface area contributed by atoms with Gasteiger partial charge in [-0.25, -0.2) is 9.97 Å². The minimum atomic E-state index is -0.0519. The monoisotopic (exact) mass is 502 g/mol. The van der Waals surface area contributed by atoms with Crippen molar-refractivity contribution in [3.63, 3.8) is 0 Å². The van der Waals surface area contributed by atoms with Gasteiger partial charge in [-0.3, -0.25) is 9.69 Å². The van der Waals surface area contributed by atoms with E-state index in [-0.39, 0.29) is 23.7 Å². The van der Waals surface area contributed by atoms with Crippen LogP contribution >= 0.6 is 35.3 Å². The van der Waals surface area contributed by atoms with Crippen LogP contribution in [0.5, 0.6) is 0 Å². The van der Waals surface area contributed by atoms with Gasteiger partial charge >= 0.3 is 0 Å². The quantitative estimate of drug-likeness (QED) is 0.287. The molecule has 4 aromatic rings. The normalized spacial score (nSPS) is 11.4. The molecule has 0 atom stereocenters. The van der Waals surface area contributed by atoms with Crippen LogP contribution in [0.15, 0.2) is 55.1 Å². The van der Waals surface area contributed by atoms with E-state index in [0.29, 0.717) is 22.3 Å². The van der Waals surface area contributed by atoms with Crippen molar-refractivity contribution < 1.29 is 4.79 Å². The van der Waals surface area contributed by atoms with Crippen molar-refractivity contribution in [3.8, 4) is 0 Å². The van der Waals surface area contributed by atoms with Crippen LogP contribution in [0, 0.1) is 6.92 Å². The smallest absolute Gasteiger partial charge is 0.260 e. The predicted molar refractivity (Wildman–Crippen MR) is 140 cm³/mol. The highest BCUT2D eigenvalue weighted by atomic mass is 35.5. The number of hydrogen-bond acceptors (Lipinski definition) is 4. The molecule has 0 bridgehead atoms. The van der Waals surface area contributed by atoms with Crippen molar-refractivity contribution >= 4 is 56.6 Å². The Morgan fingerprint density at radius 3 is 2.48 bits per heavy atom. The number of anilines is 1. The van der Waals surface area contributed by atoms with Crippen LogP contribution in [0.4, 0.5) is 5.13 Å². The first-order valence-corrected chi connectivity index (χ1v) is 11.9. The standard InChI is InChI=1S/C25H27ClN4OS.ClH/c1-17-6-11-20(26)22-21(17)28-24(32-22)30(14-5-13-29-15-12-27-16-29)23(31)18-7-9-19(10-8-18)25(2,3)4;/h6-12,15-16H,5,13-14H2,1-4H3;1H. The molecule has 0 aliphatic heterocycles. The van der Waals surface area contributed by atoms with Gasteiger partial charge in [0.1, 0.15) is 0 Å². The Balaban J connectivity index is 0.00000306. The van der Waals surface area contributed by atoms with E-state index in [1.54, 1.807) is 17.4 Å². The first-order chi connectivity index (χ1) is 15.2. The highest BCUT2D eigenvalue weighted by Gasteiger charge is 2.23. The van der Waals surface area contributed by atoms with Gasteiger partial charge in [-0.1, -0.05) is 61.9 Å². The van der Waals surface area contributed by atoms with Crippen LogP contribution in [0.3, 0.4) is 0 Å². The summed E-state index contributed by atoms with van der Waals surface area (Å²) in [5, 5.41) is 1.33. The van der Waals surface area contributed by atoms with E-state index in [9.17, 15) is 4.79 Å². The summed E-state index contributed by atoms with van der Waals surface area (Å²) in [6, 6.07) is 11.8. The zero-order chi connectivity index (χ0) is 22.9. The number of rotatable bonds is 6. The molecule has 0 spiro atoms. The molecule has 8 heteroatoms. The SMILES string of the molecule is Cc1ccc(Cl)c2sc(N(CCCn3ccnc3)C(=O)c3ccc(C(C)(C)C)cc3)nc12.Cl. The molecule has 0 aliphatic rings. The third-order valence-electron chi connectivity index (χ3n) is 5.52. The number of halogens is 2. The third kappa shape index (κ3) is 5.57. The first kappa shape index (κ1) is 25.2. The molecule has 2 aromatic heterocycles. The number of hydrogen-bond donors (Lipinski definition) is 0. The maximum Gasteiger partial charge on any atom is 0.260 e. The van der Waals surface area contributed by atoms with Crippen LogP contribution in [0.2, 0.25) is 5.02 Å². The lowest BCUT2D eigenvalue weighted by Gasteiger charge is -2.22. The lowest BCUT2D eigenvalue weighted by Crippen LogP contribution is -2.32. The largest absolute Gasteiger partial charge is 0.337 e. The number of fused-ring (bicyclic) bond motifs is 1. The van der Waals surface area contributed by atoms with Gasteiger partial charge < -0.3 is 4.57 Å². The Bertz CT molecular complexity index is 1190. The van der Waals surface area contributed by atoms with Crippen LogP contribution in [0.1, 0.15) is 48.7 Å². The Morgan fingerprint density at radius 2 is 1.88 bits per heavy atom. The number of thiazole rings is 1. The van der Waals surface area contributed by atoms with Gasteiger partial charge in [0.15, 0.2) is 5.13 Å². The van der Waals surface area contributed by atoms with Gasteiger partial charge in [-0.15, -0.1) is 12.4 Å². The fraction of sp³-hybridized carbons (Fsp3) is 0.320. The van der Waals surface area contributed by atoms with Crippen molar-refractivity contribution in [1.29, 1.82) is 0 Å². The highest BCUT2D eigenvalue weighted by molar-refractivity contribution is 7.23. The molecule has 0 fully saturated rings. The van der Waals surface area contributed by atoms with Crippen LogP contribution in [0.25, 0.3) is 10.2 Å². The van der Waals surface area contributed by atoms with Gasteiger partial charge in [0.2, 0.25) is 0 Å². The van der Waals surface area contributed by atoms with Crippen LogP contribution < -0.4 is 4.90 Å². The second kappa shape index (κ2) is 10.2. The van der Waals surface area contributed by atoms with Gasteiger partial charge in [-0.05, 0) is 48.1 Å². The summed E-state index contributed by atoms with van der Waals surface area (Å²) in [6.07, 6.45) is 6.26. The van der Waals surface area contributed by atoms with Crippen molar-refractivity contribution in [2.45, 2.75) is 46.1 Å². The summed E-state index contributed by atoms with van der Waals surface area (Å²) in [7, 11) is 0. The number of benzene rings is 2. The van der Waals surface area contributed by atoms with Crippen LogP contribution in [-0.2, 0) is 12.0 Å². The van der Waals surface area contributed by atoms with E-state index in [1.807, 2.05) is 54.1 Å². The average molecular weight is 503 g/mol. The Labute approximate surface area is 209 Å². The van der Waals surface area contributed by atoms with E-state index < -0.39 is 0 Å². The molecule has 4 rings (SSSR count). The van der Waals surface area contributed by atoms with Crippen molar-refractivity contribution in [3.05, 3.63) is 76.8 Å². The lowest BCUT2D eigenvalue weighted by molar-refractivity contribution is 0.0986. The molecule has 2 heterocycles.